The first-order valence-electron chi connectivity index (χ1n) is 16.0. The van der Waals surface area contributed by atoms with Gasteiger partial charge in [0.05, 0.1) is 27.0 Å². The zero-order valence-corrected chi connectivity index (χ0v) is 29.9. The van der Waals surface area contributed by atoms with Gasteiger partial charge >= 0.3 is 15.1 Å². The van der Waals surface area contributed by atoms with Gasteiger partial charge in [0.1, 0.15) is 23.2 Å². The number of rotatable bonds is 16. The molecule has 0 heterocycles. The molecular formula is C38H44BN4O6P. The Balaban J connectivity index is 1.43. The summed E-state index contributed by atoms with van der Waals surface area (Å²) in [6.45, 7) is 12.5. The van der Waals surface area contributed by atoms with Crippen LogP contribution in [-0.4, -0.2) is 49.3 Å². The van der Waals surface area contributed by atoms with E-state index in [-0.39, 0.29) is 12.6 Å². The van der Waals surface area contributed by atoms with Crippen LogP contribution < -0.4 is 25.6 Å². The van der Waals surface area contributed by atoms with Gasteiger partial charge in [-0.2, -0.15) is 0 Å². The Kier molecular flexibility index (Phi) is 13.8. The van der Waals surface area contributed by atoms with Crippen LogP contribution >= 0.6 is 7.60 Å². The summed E-state index contributed by atoms with van der Waals surface area (Å²) in [6.07, 6.45) is 3.07. The molecule has 4 aromatic rings. The number of nitrogens with one attached hydrogen (secondary N) is 2. The Bertz CT molecular complexity index is 1890. The van der Waals surface area contributed by atoms with Gasteiger partial charge in [-0.15, -0.1) is 0 Å². The molecule has 260 valence electrons. The number of ether oxygens (including phenoxy) is 2. The minimum absolute atomic E-state index is 0.200. The van der Waals surface area contributed by atoms with Gasteiger partial charge in [0.15, 0.2) is 0 Å². The van der Waals surface area contributed by atoms with E-state index >= 15 is 0 Å². The molecule has 4 N–H and O–H groups in total. The van der Waals surface area contributed by atoms with E-state index in [1.54, 1.807) is 14.2 Å². The Hall–Kier alpha value is -4.93. The number of hydrogen-bond donors (Lipinski definition) is 4. The minimum Gasteiger partial charge on any atom is -0.497 e. The van der Waals surface area contributed by atoms with Crippen molar-refractivity contribution in [2.45, 2.75) is 33.4 Å². The molecule has 0 aromatic heterocycles. The summed E-state index contributed by atoms with van der Waals surface area (Å²) in [7, 11) is -0.391. The van der Waals surface area contributed by atoms with Crippen LogP contribution in [0.1, 0.15) is 38.9 Å². The molecule has 0 aliphatic heterocycles. The minimum atomic E-state index is -4.07. The lowest BCUT2D eigenvalue weighted by Crippen LogP contribution is -2.25. The maximum atomic E-state index is 11.3. The van der Waals surface area contributed by atoms with Crippen LogP contribution in [0, 0.1) is 13.8 Å². The van der Waals surface area contributed by atoms with Crippen molar-refractivity contribution >= 4 is 37.9 Å². The summed E-state index contributed by atoms with van der Waals surface area (Å²) in [4.78, 5) is 27.4. The van der Waals surface area contributed by atoms with Crippen molar-refractivity contribution in [1.29, 1.82) is 0 Å². The third kappa shape index (κ3) is 11.0. The quantitative estimate of drug-likeness (QED) is 0.0492. The largest absolute Gasteiger partial charge is 0.497 e. The lowest BCUT2D eigenvalue weighted by molar-refractivity contribution is 0.329. The van der Waals surface area contributed by atoms with Gasteiger partial charge in [-0.25, -0.2) is 9.98 Å². The summed E-state index contributed by atoms with van der Waals surface area (Å²) >= 11 is 0. The van der Waals surface area contributed by atoms with Crippen LogP contribution in [0.2, 0.25) is 0 Å². The fourth-order valence-corrected chi connectivity index (χ4v) is 5.79. The molecule has 0 amide bonds. The summed E-state index contributed by atoms with van der Waals surface area (Å²) in [6, 6.07) is 25.4. The highest BCUT2D eigenvalue weighted by molar-refractivity contribution is 7.51. The van der Waals surface area contributed by atoms with E-state index in [0.29, 0.717) is 32.2 Å². The Labute approximate surface area is 295 Å². The van der Waals surface area contributed by atoms with E-state index in [4.69, 9.17) is 14.1 Å². The topological polar surface area (TPSA) is 134 Å². The SMILES string of the molecule is C=C/N=C(/NCc1ccc(BOCc2cc(C)c(OC)cc2/C(=N\C=C)Nc2ccc(CCP(=O)(O)O)cc2)cc1)c1cc(OC)ccc1C. The third-order valence-electron chi connectivity index (χ3n) is 7.93. The summed E-state index contributed by atoms with van der Waals surface area (Å²) in [5.74, 6) is 2.75. The van der Waals surface area contributed by atoms with E-state index in [2.05, 4.69) is 45.9 Å². The van der Waals surface area contributed by atoms with E-state index in [9.17, 15) is 14.4 Å². The van der Waals surface area contributed by atoms with Crippen molar-refractivity contribution in [3.63, 3.8) is 0 Å². The van der Waals surface area contributed by atoms with Gasteiger partial charge < -0.3 is 34.5 Å². The maximum absolute atomic E-state index is 11.3. The van der Waals surface area contributed by atoms with E-state index < -0.39 is 7.60 Å². The third-order valence-corrected chi connectivity index (χ3v) is 8.74. The van der Waals surface area contributed by atoms with E-state index in [0.717, 1.165) is 61.7 Å². The molecule has 0 bridgehead atoms. The molecule has 0 atom stereocenters. The monoisotopic (exact) mass is 694 g/mol. The molecule has 4 rings (SSSR count). The van der Waals surface area contributed by atoms with Crippen molar-refractivity contribution in [3.8, 4) is 11.5 Å². The number of aliphatic imine (C=N–C) groups is 2. The molecular weight excluding hydrogens is 650 g/mol. The van der Waals surface area contributed by atoms with Crippen molar-refractivity contribution in [2.24, 2.45) is 9.98 Å². The van der Waals surface area contributed by atoms with Crippen molar-refractivity contribution in [3.05, 3.63) is 143 Å². The van der Waals surface area contributed by atoms with Gasteiger partial charge in [-0.1, -0.05) is 61.1 Å². The summed E-state index contributed by atoms with van der Waals surface area (Å²) in [5.41, 5.74) is 8.40. The number of benzene rings is 4. The molecule has 4 aromatic carbocycles. The first kappa shape index (κ1) is 37.9. The number of nitrogens with zero attached hydrogens (tertiary/aromatic N) is 2. The van der Waals surface area contributed by atoms with Gasteiger partial charge in [0.25, 0.3) is 0 Å². The number of amidine groups is 2. The fourth-order valence-electron chi connectivity index (χ4n) is 5.24. The van der Waals surface area contributed by atoms with E-state index in [1.165, 1.54) is 12.4 Å². The zero-order chi connectivity index (χ0) is 36.1. The molecule has 0 aliphatic carbocycles. The molecule has 0 aliphatic rings. The van der Waals surface area contributed by atoms with E-state index in [1.807, 2.05) is 80.6 Å². The fraction of sp³-hybridized carbons (Fsp3) is 0.211. The van der Waals surface area contributed by atoms with Crippen molar-refractivity contribution in [2.75, 3.05) is 25.7 Å². The number of methoxy groups -OCH3 is 2. The van der Waals surface area contributed by atoms with Crippen LogP contribution in [0.3, 0.4) is 0 Å². The number of anilines is 1. The van der Waals surface area contributed by atoms with Crippen molar-refractivity contribution in [1.82, 2.24) is 5.32 Å². The maximum Gasteiger partial charge on any atom is 0.325 e. The molecule has 0 saturated heterocycles. The molecule has 0 saturated carbocycles. The Morgan fingerprint density at radius 3 is 2.16 bits per heavy atom. The predicted octanol–water partition coefficient (Wildman–Crippen LogP) is 5.92. The lowest BCUT2D eigenvalue weighted by Gasteiger charge is -2.17. The summed E-state index contributed by atoms with van der Waals surface area (Å²) < 4.78 is 28.5. The Morgan fingerprint density at radius 1 is 0.840 bits per heavy atom. The molecule has 0 fully saturated rings. The molecule has 12 heteroatoms. The molecule has 0 radical (unpaired) electrons. The first-order valence-corrected chi connectivity index (χ1v) is 17.8. The second kappa shape index (κ2) is 18.2. The summed E-state index contributed by atoms with van der Waals surface area (Å²) in [5, 5.41) is 6.79. The van der Waals surface area contributed by atoms with Gasteiger partial charge in [0.2, 0.25) is 0 Å². The second-order valence-corrected chi connectivity index (χ2v) is 13.4. The smallest absolute Gasteiger partial charge is 0.325 e. The molecule has 0 unspecified atom stereocenters. The standard InChI is InChI=1S/C38H44BN4O6P/c1-7-40-37(34-22-33(47-5)18-9-26(34)3)42-24-29-10-14-31(15-11-29)39-49-25-30-21-27(4)36(48-6)23-35(30)38(41-8-2)43-32-16-12-28(13-17-32)19-20-50(44,45)46/h7-18,21-23,39H,1-2,19-20,24-25H2,3-6H3,(H,40,42)(H,41,43)(H2,44,45,46). The number of hydrogen-bond acceptors (Lipinski definition) is 6. The zero-order valence-electron chi connectivity index (χ0n) is 29.0. The number of aryl methyl sites for hydroxylation is 3. The average Bonchev–Trinajstić information content (AvgIpc) is 3.10. The molecule has 10 nitrogen and oxygen atoms in total. The average molecular weight is 695 g/mol. The molecule has 50 heavy (non-hydrogen) atoms. The normalized spacial score (nSPS) is 11.9. The first-order chi connectivity index (χ1) is 24.0. The predicted molar refractivity (Wildman–Crippen MR) is 204 cm³/mol. The highest BCUT2D eigenvalue weighted by atomic mass is 31.2. The molecule has 0 spiro atoms. The van der Waals surface area contributed by atoms with Crippen LogP contribution in [0.4, 0.5) is 5.69 Å². The van der Waals surface area contributed by atoms with Crippen LogP contribution in [0.25, 0.3) is 0 Å². The van der Waals surface area contributed by atoms with Crippen LogP contribution in [0.5, 0.6) is 11.5 Å². The van der Waals surface area contributed by atoms with Crippen LogP contribution in [0.15, 0.2) is 114 Å². The van der Waals surface area contributed by atoms with Gasteiger partial charge in [0, 0.05) is 35.8 Å². The highest BCUT2D eigenvalue weighted by Gasteiger charge is 2.16. The van der Waals surface area contributed by atoms with Gasteiger partial charge in [-0.05, 0) is 84.5 Å². The Morgan fingerprint density at radius 2 is 1.52 bits per heavy atom. The van der Waals surface area contributed by atoms with Gasteiger partial charge in [-0.3, -0.25) is 4.57 Å². The van der Waals surface area contributed by atoms with Crippen molar-refractivity contribution < 1.29 is 28.5 Å². The lowest BCUT2D eigenvalue weighted by atomic mass is 9.87. The van der Waals surface area contributed by atoms with Crippen LogP contribution in [-0.2, 0) is 28.8 Å². The highest BCUT2D eigenvalue weighted by Crippen LogP contribution is 2.35. The second-order valence-electron chi connectivity index (χ2n) is 11.6.